The lowest BCUT2D eigenvalue weighted by Crippen LogP contribution is -2.33. The number of carbonyl (C=O) groups is 2. The van der Waals surface area contributed by atoms with Gasteiger partial charge in [0.05, 0.1) is 0 Å². The summed E-state index contributed by atoms with van der Waals surface area (Å²) in [6.07, 6.45) is 6.37. The van der Waals surface area contributed by atoms with Gasteiger partial charge in [-0.3, -0.25) is 14.7 Å². The molecule has 118 valence electrons. The number of carbonyl (C=O) groups excluding carboxylic acids is 2. The Kier molecular flexibility index (Phi) is 6.06. The molecule has 3 rings (SSSR count). The van der Waals surface area contributed by atoms with Crippen LogP contribution in [0.4, 0.5) is 4.79 Å². The topological polar surface area (TPSA) is 53.5 Å². The zero-order valence-corrected chi connectivity index (χ0v) is 13.0. The molecule has 0 radical (unpaired) electrons. The van der Waals surface area contributed by atoms with Crippen LogP contribution in [0.5, 0.6) is 0 Å². The zero-order valence-electron chi connectivity index (χ0n) is 13.0. The van der Waals surface area contributed by atoms with Gasteiger partial charge < -0.3 is 4.90 Å². The van der Waals surface area contributed by atoms with Crippen molar-refractivity contribution in [1.82, 2.24) is 14.8 Å². The predicted octanol–water partition coefficient (Wildman–Crippen LogP) is 2.68. The number of imide groups is 1. The fraction of sp³-hybridized carbons (Fsp3) is 0.167. The van der Waals surface area contributed by atoms with E-state index in [2.05, 4.69) is 4.98 Å². The molecule has 1 aliphatic heterocycles. The number of hydrogen-bond donors (Lipinski definition) is 0. The van der Waals surface area contributed by atoms with Crippen LogP contribution in [0, 0.1) is 0 Å². The van der Waals surface area contributed by atoms with Crippen molar-refractivity contribution in [1.29, 1.82) is 0 Å². The van der Waals surface area contributed by atoms with Crippen molar-refractivity contribution < 1.29 is 9.59 Å². The van der Waals surface area contributed by atoms with E-state index in [1.165, 1.54) is 15.9 Å². The summed E-state index contributed by atoms with van der Waals surface area (Å²) < 4.78 is 0. The van der Waals surface area contributed by atoms with Gasteiger partial charge in [0, 0.05) is 38.6 Å². The number of hydrogen-bond acceptors (Lipinski definition) is 3. The average Bonchev–Trinajstić information content (AvgIpc) is 2.95. The van der Waals surface area contributed by atoms with Gasteiger partial charge in [-0.15, -0.1) is 0 Å². The molecule has 1 aromatic heterocycles. The molecule has 1 saturated heterocycles. The number of urea groups is 1. The Balaban J connectivity index is 0.000000268. The summed E-state index contributed by atoms with van der Waals surface area (Å²) >= 11 is 0. The second kappa shape index (κ2) is 8.48. The van der Waals surface area contributed by atoms with Crippen molar-refractivity contribution in [2.24, 2.45) is 0 Å². The van der Waals surface area contributed by atoms with E-state index in [-0.39, 0.29) is 11.9 Å². The van der Waals surface area contributed by atoms with E-state index in [1.807, 2.05) is 42.5 Å². The minimum absolute atomic E-state index is 0.245. The predicted molar refractivity (Wildman–Crippen MR) is 89.5 cm³/mol. The van der Waals surface area contributed by atoms with Crippen LogP contribution in [0.1, 0.15) is 5.56 Å². The normalized spacial score (nSPS) is 13.9. The maximum atomic E-state index is 11.7. The summed E-state index contributed by atoms with van der Waals surface area (Å²) in [4.78, 5) is 30.0. The van der Waals surface area contributed by atoms with Gasteiger partial charge in [-0.05, 0) is 17.7 Å². The van der Waals surface area contributed by atoms with Gasteiger partial charge in [0.1, 0.15) is 0 Å². The largest absolute Gasteiger partial charge is 0.326 e. The van der Waals surface area contributed by atoms with Gasteiger partial charge in [-0.2, -0.15) is 0 Å². The van der Waals surface area contributed by atoms with Crippen molar-refractivity contribution in [2.45, 2.75) is 0 Å². The fourth-order valence-electron chi connectivity index (χ4n) is 1.97. The molecule has 2 aromatic rings. The standard InChI is InChI=1S/C12H13N3O2.C6H6/c1-14-7-8-15(12(14)17)11(16)5-4-10-3-2-6-13-9-10;1-2-4-6-5-3-1/h2-6,9H,7-8H2,1H3;1-6H/b5-4+;. The van der Waals surface area contributed by atoms with Crippen LogP contribution in [0.3, 0.4) is 0 Å². The average molecular weight is 309 g/mol. The van der Waals surface area contributed by atoms with Crippen molar-refractivity contribution in [2.75, 3.05) is 20.1 Å². The van der Waals surface area contributed by atoms with Gasteiger partial charge >= 0.3 is 6.03 Å². The van der Waals surface area contributed by atoms with Gasteiger partial charge in [0.2, 0.25) is 0 Å². The van der Waals surface area contributed by atoms with Crippen LogP contribution in [0.2, 0.25) is 0 Å². The fourth-order valence-corrected chi connectivity index (χ4v) is 1.97. The smallest absolute Gasteiger partial charge is 0.326 e. The van der Waals surface area contributed by atoms with Crippen LogP contribution >= 0.6 is 0 Å². The molecule has 23 heavy (non-hydrogen) atoms. The molecule has 3 amide bonds. The van der Waals surface area contributed by atoms with Crippen molar-refractivity contribution in [3.8, 4) is 0 Å². The Morgan fingerprint density at radius 3 is 2.22 bits per heavy atom. The maximum Gasteiger partial charge on any atom is 0.326 e. The molecular formula is C18H19N3O2. The highest BCUT2D eigenvalue weighted by atomic mass is 16.2. The van der Waals surface area contributed by atoms with Gasteiger partial charge in [0.15, 0.2) is 0 Å². The molecule has 0 atom stereocenters. The van der Waals surface area contributed by atoms with Gasteiger partial charge in [0.25, 0.3) is 5.91 Å². The first-order valence-electron chi connectivity index (χ1n) is 7.33. The van der Waals surface area contributed by atoms with Gasteiger partial charge in [-0.1, -0.05) is 42.5 Å². The second-order valence-corrected chi connectivity index (χ2v) is 4.97. The summed E-state index contributed by atoms with van der Waals surface area (Å²) in [7, 11) is 1.68. The SMILES string of the molecule is CN1CCN(C(=O)/C=C/c2cccnc2)C1=O.c1ccccc1. The highest BCUT2D eigenvalue weighted by molar-refractivity contribution is 6.03. The minimum atomic E-state index is -0.289. The summed E-state index contributed by atoms with van der Waals surface area (Å²) in [5.74, 6) is -0.289. The van der Waals surface area contributed by atoms with E-state index in [4.69, 9.17) is 0 Å². The lowest BCUT2D eigenvalue weighted by molar-refractivity contribution is -0.122. The highest BCUT2D eigenvalue weighted by Crippen LogP contribution is 2.08. The van der Waals surface area contributed by atoms with E-state index in [0.29, 0.717) is 13.1 Å². The molecule has 2 heterocycles. The lowest BCUT2D eigenvalue weighted by atomic mass is 10.2. The van der Waals surface area contributed by atoms with Gasteiger partial charge in [-0.25, -0.2) is 4.79 Å². The zero-order chi connectivity index (χ0) is 16.5. The number of pyridine rings is 1. The van der Waals surface area contributed by atoms with Crippen molar-refractivity contribution in [3.63, 3.8) is 0 Å². The van der Waals surface area contributed by atoms with Crippen LogP contribution in [-0.2, 0) is 4.79 Å². The first-order valence-corrected chi connectivity index (χ1v) is 7.33. The molecule has 0 N–H and O–H groups in total. The Hall–Kier alpha value is -2.95. The molecule has 1 fully saturated rings. The highest BCUT2D eigenvalue weighted by Gasteiger charge is 2.28. The lowest BCUT2D eigenvalue weighted by Gasteiger charge is -2.11. The Bertz CT molecular complexity index is 630. The number of nitrogens with zero attached hydrogens (tertiary/aromatic N) is 3. The first-order chi connectivity index (χ1) is 11.2. The molecule has 5 heteroatoms. The number of rotatable bonds is 2. The summed E-state index contributed by atoms with van der Waals surface area (Å²) in [6, 6.07) is 15.4. The number of benzene rings is 1. The molecule has 0 spiro atoms. The Morgan fingerprint density at radius 2 is 1.74 bits per heavy atom. The third kappa shape index (κ3) is 5.07. The molecule has 0 saturated carbocycles. The number of amides is 3. The summed E-state index contributed by atoms with van der Waals surface area (Å²) in [5.41, 5.74) is 0.834. The van der Waals surface area contributed by atoms with Crippen molar-refractivity contribution in [3.05, 3.63) is 72.6 Å². The molecule has 0 unspecified atom stereocenters. The molecular weight excluding hydrogens is 290 g/mol. The van der Waals surface area contributed by atoms with Crippen LogP contribution in [0.15, 0.2) is 67.0 Å². The maximum absolute atomic E-state index is 11.7. The Labute approximate surface area is 135 Å². The van der Waals surface area contributed by atoms with E-state index in [9.17, 15) is 9.59 Å². The molecule has 1 aromatic carbocycles. The first kappa shape index (κ1) is 16.4. The monoisotopic (exact) mass is 309 g/mol. The van der Waals surface area contributed by atoms with E-state index in [0.717, 1.165) is 5.56 Å². The van der Waals surface area contributed by atoms with Crippen molar-refractivity contribution >= 4 is 18.0 Å². The van der Waals surface area contributed by atoms with E-state index >= 15 is 0 Å². The Morgan fingerprint density at radius 1 is 1.09 bits per heavy atom. The minimum Gasteiger partial charge on any atom is -0.326 e. The van der Waals surface area contributed by atoms with Crippen LogP contribution in [0.25, 0.3) is 6.08 Å². The quantitative estimate of drug-likeness (QED) is 0.801. The van der Waals surface area contributed by atoms with E-state index in [1.54, 1.807) is 31.6 Å². The third-order valence-electron chi connectivity index (χ3n) is 3.25. The van der Waals surface area contributed by atoms with Crippen LogP contribution in [-0.4, -0.2) is 46.9 Å². The van der Waals surface area contributed by atoms with E-state index < -0.39 is 0 Å². The molecule has 1 aliphatic rings. The molecule has 5 nitrogen and oxygen atoms in total. The number of likely N-dealkylation sites (N-methyl/N-ethyl adjacent to an activating group) is 1. The number of aromatic nitrogens is 1. The molecule has 0 aliphatic carbocycles. The summed E-state index contributed by atoms with van der Waals surface area (Å²) in [6.45, 7) is 1.04. The van der Waals surface area contributed by atoms with Crippen LogP contribution < -0.4 is 0 Å². The third-order valence-corrected chi connectivity index (χ3v) is 3.25. The summed E-state index contributed by atoms with van der Waals surface area (Å²) in [5, 5.41) is 0. The second-order valence-electron chi connectivity index (χ2n) is 4.97. The molecule has 0 bridgehead atoms.